The number of carbonyl (C=O) groups excluding carboxylic acids is 1. The summed E-state index contributed by atoms with van der Waals surface area (Å²) in [6.45, 7) is 14.2. The molecule has 1 fully saturated rings. The summed E-state index contributed by atoms with van der Waals surface area (Å²) in [7, 11) is 0. The number of hydrogen-bond donors (Lipinski definition) is 1. The van der Waals surface area contributed by atoms with Crippen molar-refractivity contribution >= 4 is 6.09 Å². The van der Waals surface area contributed by atoms with E-state index in [1.54, 1.807) is 0 Å². The van der Waals surface area contributed by atoms with Gasteiger partial charge in [-0.05, 0) is 45.1 Å². The van der Waals surface area contributed by atoms with Crippen LogP contribution in [-0.2, 0) is 11.3 Å². The Hall–Kier alpha value is -1.55. The second-order valence-corrected chi connectivity index (χ2v) is 8.13. The summed E-state index contributed by atoms with van der Waals surface area (Å²) >= 11 is 0. The Bertz CT molecular complexity index is 538. The molecule has 0 radical (unpaired) electrons. The average Bonchev–Trinajstić information content (AvgIpc) is 2.49. The molecule has 0 aromatic heterocycles. The number of benzene rings is 1. The van der Waals surface area contributed by atoms with Crippen LogP contribution in [0, 0.1) is 11.8 Å². The first-order valence-corrected chi connectivity index (χ1v) is 8.95. The first kappa shape index (κ1) is 18.8. The zero-order valence-corrected chi connectivity index (χ0v) is 15.9. The fourth-order valence-corrected chi connectivity index (χ4v) is 3.39. The first-order valence-electron chi connectivity index (χ1n) is 8.95. The lowest BCUT2D eigenvalue weighted by atomic mass is 9.79. The Kier molecular flexibility index (Phi) is 5.92. The van der Waals surface area contributed by atoms with Crippen LogP contribution in [0.2, 0.25) is 0 Å². The SMILES string of the molecule is C[C@@H]1[C@H](C)[C@H](NC(=O)OC(C)(C)C)CN(Cc2ccccc2)[C@@H]1C. The van der Waals surface area contributed by atoms with E-state index in [-0.39, 0.29) is 12.1 Å². The molecule has 1 N–H and O–H groups in total. The van der Waals surface area contributed by atoms with E-state index in [9.17, 15) is 4.79 Å². The molecular formula is C20H32N2O2. The van der Waals surface area contributed by atoms with E-state index < -0.39 is 5.60 Å². The Morgan fingerprint density at radius 2 is 1.79 bits per heavy atom. The van der Waals surface area contributed by atoms with Gasteiger partial charge in [-0.2, -0.15) is 0 Å². The van der Waals surface area contributed by atoms with Crippen LogP contribution in [0.1, 0.15) is 47.1 Å². The lowest BCUT2D eigenvalue weighted by molar-refractivity contribution is 0.0207. The molecule has 0 spiro atoms. The van der Waals surface area contributed by atoms with Gasteiger partial charge in [0.15, 0.2) is 0 Å². The van der Waals surface area contributed by atoms with Gasteiger partial charge in [0.2, 0.25) is 0 Å². The van der Waals surface area contributed by atoms with Gasteiger partial charge in [-0.25, -0.2) is 4.79 Å². The molecule has 0 saturated carbocycles. The van der Waals surface area contributed by atoms with E-state index >= 15 is 0 Å². The molecule has 1 saturated heterocycles. The first-order chi connectivity index (χ1) is 11.2. The van der Waals surface area contributed by atoms with E-state index in [0.29, 0.717) is 17.9 Å². The van der Waals surface area contributed by atoms with Crippen LogP contribution in [0.15, 0.2) is 30.3 Å². The number of nitrogens with zero attached hydrogens (tertiary/aromatic N) is 1. The van der Waals surface area contributed by atoms with Crippen molar-refractivity contribution in [3.63, 3.8) is 0 Å². The third-order valence-corrected chi connectivity index (χ3v) is 5.16. The summed E-state index contributed by atoms with van der Waals surface area (Å²) in [6, 6.07) is 11.1. The van der Waals surface area contributed by atoms with Crippen LogP contribution in [0.3, 0.4) is 0 Å². The minimum atomic E-state index is -0.468. The van der Waals surface area contributed by atoms with Gasteiger partial charge in [-0.3, -0.25) is 4.90 Å². The van der Waals surface area contributed by atoms with Crippen molar-refractivity contribution in [1.29, 1.82) is 0 Å². The maximum absolute atomic E-state index is 12.2. The van der Waals surface area contributed by atoms with Gasteiger partial charge in [-0.1, -0.05) is 44.2 Å². The summed E-state index contributed by atoms with van der Waals surface area (Å²) in [5, 5.41) is 3.09. The lowest BCUT2D eigenvalue weighted by Crippen LogP contribution is -2.58. The fourth-order valence-electron chi connectivity index (χ4n) is 3.39. The van der Waals surface area contributed by atoms with Gasteiger partial charge in [-0.15, -0.1) is 0 Å². The van der Waals surface area contributed by atoms with Crippen molar-refractivity contribution in [2.24, 2.45) is 11.8 Å². The number of ether oxygens (including phenoxy) is 1. The number of nitrogens with one attached hydrogen (secondary N) is 1. The van der Waals surface area contributed by atoms with Crippen LogP contribution in [0.5, 0.6) is 0 Å². The molecule has 4 heteroatoms. The monoisotopic (exact) mass is 332 g/mol. The van der Waals surface area contributed by atoms with Gasteiger partial charge in [0.05, 0.1) is 0 Å². The van der Waals surface area contributed by atoms with E-state index in [1.807, 2.05) is 26.8 Å². The number of alkyl carbamates (subject to hydrolysis) is 1. The maximum Gasteiger partial charge on any atom is 0.407 e. The van der Waals surface area contributed by atoms with Crippen LogP contribution in [0.25, 0.3) is 0 Å². The van der Waals surface area contributed by atoms with Gasteiger partial charge in [0.1, 0.15) is 5.60 Å². The second kappa shape index (κ2) is 7.56. The number of piperidine rings is 1. The fraction of sp³-hybridized carbons (Fsp3) is 0.650. The predicted octanol–water partition coefficient (Wildman–Crippen LogP) is 4.06. The molecule has 1 aromatic rings. The Balaban J connectivity index is 2.04. The average molecular weight is 332 g/mol. The molecule has 0 unspecified atom stereocenters. The number of carbonyl (C=O) groups is 1. The summed E-state index contributed by atoms with van der Waals surface area (Å²) in [5.74, 6) is 0.918. The van der Waals surface area contributed by atoms with Crippen LogP contribution < -0.4 is 5.32 Å². The van der Waals surface area contributed by atoms with E-state index in [1.165, 1.54) is 5.56 Å². The summed E-state index contributed by atoms with van der Waals surface area (Å²) in [5.41, 5.74) is 0.840. The zero-order valence-electron chi connectivity index (χ0n) is 15.9. The molecule has 1 aliphatic rings. The van der Waals surface area contributed by atoms with Crippen LogP contribution in [-0.4, -0.2) is 35.2 Å². The van der Waals surface area contributed by atoms with E-state index in [4.69, 9.17) is 4.74 Å². The molecule has 1 aromatic carbocycles. The molecule has 2 rings (SSSR count). The quantitative estimate of drug-likeness (QED) is 0.907. The number of rotatable bonds is 3. The number of amides is 1. The molecule has 4 nitrogen and oxygen atoms in total. The highest BCUT2D eigenvalue weighted by atomic mass is 16.6. The minimum Gasteiger partial charge on any atom is -0.444 e. The Morgan fingerprint density at radius 1 is 1.17 bits per heavy atom. The molecule has 1 aliphatic heterocycles. The standard InChI is InChI=1S/C20H32N2O2/c1-14-15(2)18(21-19(23)24-20(4,5)6)13-22(16(14)3)12-17-10-8-7-9-11-17/h7-11,14-16,18H,12-13H2,1-6H3,(H,21,23)/t14-,15+,16-,18-/m1/s1. The topological polar surface area (TPSA) is 41.6 Å². The smallest absolute Gasteiger partial charge is 0.407 e. The molecular weight excluding hydrogens is 300 g/mol. The molecule has 24 heavy (non-hydrogen) atoms. The molecule has 1 amide bonds. The normalized spacial score (nSPS) is 28.4. The van der Waals surface area contributed by atoms with Gasteiger partial charge in [0, 0.05) is 25.2 Å². The highest BCUT2D eigenvalue weighted by Crippen LogP contribution is 2.30. The van der Waals surface area contributed by atoms with Crippen molar-refractivity contribution in [3.05, 3.63) is 35.9 Å². The van der Waals surface area contributed by atoms with Crippen molar-refractivity contribution in [1.82, 2.24) is 10.2 Å². The molecule has 134 valence electrons. The van der Waals surface area contributed by atoms with Crippen molar-refractivity contribution in [3.8, 4) is 0 Å². The molecule has 0 aliphatic carbocycles. The summed E-state index contributed by atoms with van der Waals surface area (Å²) < 4.78 is 5.44. The van der Waals surface area contributed by atoms with Crippen LogP contribution in [0.4, 0.5) is 4.79 Å². The highest BCUT2D eigenvalue weighted by Gasteiger charge is 2.37. The second-order valence-electron chi connectivity index (χ2n) is 8.13. The third kappa shape index (κ3) is 4.97. The van der Waals surface area contributed by atoms with Crippen LogP contribution >= 0.6 is 0 Å². The predicted molar refractivity (Wildman–Crippen MR) is 97.8 cm³/mol. The van der Waals surface area contributed by atoms with Crippen molar-refractivity contribution in [2.45, 2.75) is 65.8 Å². The van der Waals surface area contributed by atoms with Gasteiger partial charge < -0.3 is 10.1 Å². The van der Waals surface area contributed by atoms with Crippen molar-refractivity contribution < 1.29 is 9.53 Å². The Labute approximate surface area is 146 Å². The third-order valence-electron chi connectivity index (χ3n) is 5.16. The number of hydrogen-bond acceptors (Lipinski definition) is 3. The van der Waals surface area contributed by atoms with Gasteiger partial charge >= 0.3 is 6.09 Å². The van der Waals surface area contributed by atoms with E-state index in [2.05, 4.69) is 55.3 Å². The van der Waals surface area contributed by atoms with Gasteiger partial charge in [0.25, 0.3) is 0 Å². The highest BCUT2D eigenvalue weighted by molar-refractivity contribution is 5.68. The lowest BCUT2D eigenvalue weighted by Gasteiger charge is -2.46. The molecule has 1 heterocycles. The maximum atomic E-state index is 12.2. The molecule has 0 bridgehead atoms. The zero-order chi connectivity index (χ0) is 17.9. The summed E-state index contributed by atoms with van der Waals surface area (Å²) in [6.07, 6.45) is -0.319. The number of likely N-dealkylation sites (tertiary alicyclic amines) is 1. The minimum absolute atomic E-state index is 0.106. The summed E-state index contributed by atoms with van der Waals surface area (Å²) in [4.78, 5) is 14.6. The molecule has 4 atom stereocenters. The van der Waals surface area contributed by atoms with E-state index in [0.717, 1.165) is 13.1 Å². The Morgan fingerprint density at radius 3 is 2.38 bits per heavy atom. The largest absolute Gasteiger partial charge is 0.444 e. The van der Waals surface area contributed by atoms with Crippen molar-refractivity contribution in [2.75, 3.05) is 6.54 Å².